The van der Waals surface area contributed by atoms with Crippen LogP contribution in [0.4, 0.5) is 0 Å². The van der Waals surface area contributed by atoms with E-state index in [2.05, 4.69) is 48.1 Å². The second kappa shape index (κ2) is 12.6. The summed E-state index contributed by atoms with van der Waals surface area (Å²) in [6.07, 6.45) is 2.17. The Morgan fingerprint density at radius 3 is 2.87 bits per heavy atom. The average molecular weight is 547 g/mol. The third-order valence-corrected chi connectivity index (χ3v) is 6.63. The molecule has 6 nitrogen and oxygen atoms in total. The topological polar surface area (TPSA) is 66.0 Å². The van der Waals surface area contributed by atoms with E-state index in [0.717, 1.165) is 49.8 Å². The fraction of sp³-hybridized carbons (Fsp3) is 0.636. The average Bonchev–Trinajstić information content (AvgIpc) is 3.54. The van der Waals surface area contributed by atoms with Crippen molar-refractivity contribution in [2.45, 2.75) is 51.4 Å². The maximum atomic E-state index is 11.8. The Bertz CT molecular complexity index is 712. The smallest absolute Gasteiger partial charge is 0.258 e. The minimum Gasteiger partial charge on any atom is -0.484 e. The maximum absolute atomic E-state index is 11.8. The normalized spacial score (nSPS) is 19.3. The number of amides is 1. The van der Waals surface area contributed by atoms with Gasteiger partial charge in [0, 0.05) is 36.7 Å². The molecular weight excluding hydrogens is 511 g/mol. The zero-order valence-electron chi connectivity index (χ0n) is 18.2. The first kappa shape index (κ1) is 25.1. The largest absolute Gasteiger partial charge is 0.484 e. The molecule has 1 heterocycles. The van der Waals surface area contributed by atoms with E-state index in [-0.39, 0.29) is 36.5 Å². The van der Waals surface area contributed by atoms with Crippen molar-refractivity contribution >= 4 is 47.6 Å². The SMILES string of the molecule is CCNC(=NCc1cccc(OCC(=O)NC2CC2)c1)N1CCSC(C(C)C)C1.I. The van der Waals surface area contributed by atoms with E-state index in [9.17, 15) is 4.79 Å². The van der Waals surface area contributed by atoms with Crippen LogP contribution in [0.15, 0.2) is 29.3 Å². The van der Waals surface area contributed by atoms with Crippen LogP contribution in [-0.2, 0) is 11.3 Å². The van der Waals surface area contributed by atoms with Crippen molar-refractivity contribution in [2.24, 2.45) is 10.9 Å². The molecule has 2 N–H and O–H groups in total. The Morgan fingerprint density at radius 1 is 1.37 bits per heavy atom. The third-order valence-electron chi connectivity index (χ3n) is 5.09. The number of guanidine groups is 1. The molecule has 1 atom stereocenters. The van der Waals surface area contributed by atoms with Crippen LogP contribution in [0.2, 0.25) is 0 Å². The summed E-state index contributed by atoms with van der Waals surface area (Å²) in [4.78, 5) is 19.1. The summed E-state index contributed by atoms with van der Waals surface area (Å²) >= 11 is 2.07. The number of benzene rings is 1. The second-order valence-corrected chi connectivity index (χ2v) is 9.39. The molecule has 168 valence electrons. The minimum absolute atomic E-state index is 0. The zero-order chi connectivity index (χ0) is 20.6. The molecule has 0 radical (unpaired) electrons. The van der Waals surface area contributed by atoms with E-state index in [4.69, 9.17) is 9.73 Å². The lowest BCUT2D eigenvalue weighted by atomic mass is 10.1. The molecule has 8 heteroatoms. The molecule has 30 heavy (non-hydrogen) atoms. The van der Waals surface area contributed by atoms with Crippen molar-refractivity contribution in [3.05, 3.63) is 29.8 Å². The van der Waals surface area contributed by atoms with Crippen LogP contribution in [0.25, 0.3) is 0 Å². The van der Waals surface area contributed by atoms with Gasteiger partial charge in [0.25, 0.3) is 5.91 Å². The van der Waals surface area contributed by atoms with Gasteiger partial charge in [-0.3, -0.25) is 4.79 Å². The van der Waals surface area contributed by atoms with E-state index in [1.165, 1.54) is 0 Å². The fourth-order valence-electron chi connectivity index (χ4n) is 3.24. The molecule has 1 aromatic carbocycles. The first-order valence-electron chi connectivity index (χ1n) is 10.7. The summed E-state index contributed by atoms with van der Waals surface area (Å²) < 4.78 is 5.66. The lowest BCUT2D eigenvalue weighted by Gasteiger charge is -2.36. The molecule has 0 aromatic heterocycles. The van der Waals surface area contributed by atoms with Gasteiger partial charge in [-0.25, -0.2) is 4.99 Å². The van der Waals surface area contributed by atoms with Gasteiger partial charge in [0.2, 0.25) is 0 Å². The van der Waals surface area contributed by atoms with Crippen LogP contribution in [-0.4, -0.2) is 60.1 Å². The Hall–Kier alpha value is -1.16. The van der Waals surface area contributed by atoms with E-state index < -0.39 is 0 Å². The highest BCUT2D eigenvalue weighted by molar-refractivity contribution is 14.0. The van der Waals surface area contributed by atoms with Crippen LogP contribution in [0.5, 0.6) is 5.75 Å². The number of halogens is 1. The van der Waals surface area contributed by atoms with E-state index in [1.54, 1.807) is 0 Å². The summed E-state index contributed by atoms with van der Waals surface area (Å²) in [7, 11) is 0. The summed E-state index contributed by atoms with van der Waals surface area (Å²) in [6.45, 7) is 10.3. The molecule has 1 unspecified atom stereocenters. The number of ether oxygens (including phenoxy) is 1. The quantitative estimate of drug-likeness (QED) is 0.297. The monoisotopic (exact) mass is 546 g/mol. The maximum Gasteiger partial charge on any atom is 0.258 e. The summed E-state index contributed by atoms with van der Waals surface area (Å²) in [5.74, 6) is 3.44. The standard InChI is InChI=1S/C22H34N4O2S.HI/c1-4-23-22(26-10-11-29-20(14-26)16(2)3)24-13-17-6-5-7-19(12-17)28-15-21(27)25-18-8-9-18;/h5-7,12,16,18,20H,4,8-11,13-15H2,1-3H3,(H,23,24)(H,25,27);1H. The Kier molecular flexibility index (Phi) is 10.6. The number of nitrogens with one attached hydrogen (secondary N) is 2. The Labute approximate surface area is 202 Å². The van der Waals surface area contributed by atoms with Crippen LogP contribution in [0.3, 0.4) is 0 Å². The molecule has 3 rings (SSSR count). The molecule has 0 spiro atoms. The van der Waals surface area contributed by atoms with Crippen LogP contribution in [0.1, 0.15) is 39.2 Å². The molecule has 1 aliphatic carbocycles. The molecule has 1 amide bonds. The van der Waals surface area contributed by atoms with Crippen molar-refractivity contribution in [2.75, 3.05) is 32.0 Å². The van der Waals surface area contributed by atoms with E-state index in [0.29, 0.717) is 29.5 Å². The van der Waals surface area contributed by atoms with Gasteiger partial charge in [-0.05, 0) is 43.4 Å². The van der Waals surface area contributed by atoms with Gasteiger partial charge in [-0.1, -0.05) is 26.0 Å². The number of hydrogen-bond donors (Lipinski definition) is 2. The number of hydrogen-bond acceptors (Lipinski definition) is 4. The number of carbonyl (C=O) groups is 1. The molecule has 2 aliphatic rings. The van der Waals surface area contributed by atoms with Gasteiger partial charge in [-0.15, -0.1) is 24.0 Å². The van der Waals surface area contributed by atoms with Gasteiger partial charge in [0.15, 0.2) is 12.6 Å². The number of aliphatic imine (C=N–C) groups is 1. The predicted molar refractivity (Wildman–Crippen MR) is 136 cm³/mol. The first-order chi connectivity index (χ1) is 14.0. The van der Waals surface area contributed by atoms with Gasteiger partial charge < -0.3 is 20.3 Å². The second-order valence-electron chi connectivity index (χ2n) is 8.05. The highest BCUT2D eigenvalue weighted by Crippen LogP contribution is 2.25. The molecule has 1 aliphatic heterocycles. The van der Waals surface area contributed by atoms with Crippen molar-refractivity contribution in [3.63, 3.8) is 0 Å². The van der Waals surface area contributed by atoms with E-state index in [1.807, 2.05) is 24.3 Å². The highest BCUT2D eigenvalue weighted by atomic mass is 127. The molecule has 1 saturated carbocycles. The van der Waals surface area contributed by atoms with Crippen LogP contribution < -0.4 is 15.4 Å². The van der Waals surface area contributed by atoms with Crippen molar-refractivity contribution in [1.82, 2.24) is 15.5 Å². The summed E-state index contributed by atoms with van der Waals surface area (Å²) in [6, 6.07) is 8.23. The Morgan fingerprint density at radius 2 is 2.17 bits per heavy atom. The fourth-order valence-corrected chi connectivity index (χ4v) is 4.54. The van der Waals surface area contributed by atoms with Crippen molar-refractivity contribution in [3.8, 4) is 5.75 Å². The van der Waals surface area contributed by atoms with Crippen molar-refractivity contribution in [1.29, 1.82) is 0 Å². The van der Waals surface area contributed by atoms with Gasteiger partial charge in [0.1, 0.15) is 5.75 Å². The predicted octanol–water partition coefficient (Wildman–Crippen LogP) is 3.50. The molecule has 2 fully saturated rings. The van der Waals surface area contributed by atoms with Gasteiger partial charge in [-0.2, -0.15) is 11.8 Å². The van der Waals surface area contributed by atoms with E-state index >= 15 is 0 Å². The molecular formula is C22H35IN4O2S. The molecule has 0 bridgehead atoms. The number of thioether (sulfide) groups is 1. The first-order valence-corrected chi connectivity index (χ1v) is 11.8. The third kappa shape index (κ3) is 8.17. The molecule has 1 saturated heterocycles. The van der Waals surface area contributed by atoms with Crippen LogP contribution >= 0.6 is 35.7 Å². The number of rotatable bonds is 8. The van der Waals surface area contributed by atoms with Gasteiger partial charge in [0.05, 0.1) is 6.54 Å². The van der Waals surface area contributed by atoms with Crippen molar-refractivity contribution < 1.29 is 9.53 Å². The lowest BCUT2D eigenvalue weighted by Crippen LogP contribution is -2.49. The summed E-state index contributed by atoms with van der Waals surface area (Å²) in [5, 5.41) is 7.03. The minimum atomic E-state index is -0.0481. The zero-order valence-corrected chi connectivity index (χ0v) is 21.4. The Balaban J connectivity index is 0.00000320. The number of carbonyl (C=O) groups excluding carboxylic acids is 1. The number of nitrogens with zero attached hydrogens (tertiary/aromatic N) is 2. The summed E-state index contributed by atoms with van der Waals surface area (Å²) in [5.41, 5.74) is 1.08. The highest BCUT2D eigenvalue weighted by Gasteiger charge is 2.25. The van der Waals surface area contributed by atoms with Gasteiger partial charge >= 0.3 is 0 Å². The van der Waals surface area contributed by atoms with Crippen LogP contribution in [0, 0.1) is 5.92 Å². The molecule has 1 aromatic rings. The lowest BCUT2D eigenvalue weighted by molar-refractivity contribution is -0.123.